The highest BCUT2D eigenvalue weighted by Gasteiger charge is 2.10. The standard InChI is InChI=1S/C19H19N3OS/c1-13-19(14(2)22-21-13)24-18-7-5-4-6-17(18)20-12-15-8-10-16(23-3)11-9-15/h4-12H,1-3H3,(H,21,22). The van der Waals surface area contributed by atoms with Crippen molar-refractivity contribution in [3.8, 4) is 5.75 Å². The van der Waals surface area contributed by atoms with Crippen molar-refractivity contribution >= 4 is 23.7 Å². The molecule has 122 valence electrons. The number of nitrogens with zero attached hydrogens (tertiary/aromatic N) is 2. The Bertz CT molecular complexity index is 834. The van der Waals surface area contributed by atoms with Crippen molar-refractivity contribution in [3.05, 3.63) is 65.5 Å². The van der Waals surface area contributed by atoms with Gasteiger partial charge in [0.15, 0.2) is 0 Å². The zero-order valence-corrected chi connectivity index (χ0v) is 14.7. The molecular weight excluding hydrogens is 318 g/mol. The number of nitrogens with one attached hydrogen (secondary N) is 1. The van der Waals surface area contributed by atoms with E-state index in [0.29, 0.717) is 0 Å². The van der Waals surface area contributed by atoms with Crippen molar-refractivity contribution < 1.29 is 4.74 Å². The van der Waals surface area contributed by atoms with Crippen molar-refractivity contribution in [2.45, 2.75) is 23.6 Å². The third kappa shape index (κ3) is 3.68. The van der Waals surface area contributed by atoms with E-state index in [1.807, 2.05) is 62.5 Å². The average molecular weight is 337 g/mol. The van der Waals surface area contributed by atoms with Gasteiger partial charge >= 0.3 is 0 Å². The lowest BCUT2D eigenvalue weighted by molar-refractivity contribution is 0.415. The molecule has 0 radical (unpaired) electrons. The molecule has 24 heavy (non-hydrogen) atoms. The molecular formula is C19H19N3OS. The van der Waals surface area contributed by atoms with Gasteiger partial charge in [-0.3, -0.25) is 10.1 Å². The molecule has 0 aliphatic rings. The van der Waals surface area contributed by atoms with Gasteiger partial charge in [-0.15, -0.1) is 0 Å². The fourth-order valence-electron chi connectivity index (χ4n) is 2.29. The Morgan fingerprint density at radius 3 is 2.50 bits per heavy atom. The smallest absolute Gasteiger partial charge is 0.118 e. The maximum Gasteiger partial charge on any atom is 0.118 e. The van der Waals surface area contributed by atoms with Crippen LogP contribution in [0, 0.1) is 13.8 Å². The number of aryl methyl sites for hydroxylation is 2. The number of ether oxygens (including phenoxy) is 1. The van der Waals surface area contributed by atoms with E-state index >= 15 is 0 Å². The van der Waals surface area contributed by atoms with Crippen molar-refractivity contribution in [3.63, 3.8) is 0 Å². The molecule has 0 saturated heterocycles. The maximum atomic E-state index is 5.18. The molecule has 1 N–H and O–H groups in total. The Morgan fingerprint density at radius 1 is 1.08 bits per heavy atom. The normalized spacial score (nSPS) is 11.1. The van der Waals surface area contributed by atoms with Gasteiger partial charge in [0.05, 0.1) is 23.4 Å². The summed E-state index contributed by atoms with van der Waals surface area (Å²) in [5.41, 5.74) is 4.06. The second kappa shape index (κ2) is 7.36. The van der Waals surface area contributed by atoms with Crippen molar-refractivity contribution in [1.82, 2.24) is 10.2 Å². The molecule has 0 aliphatic carbocycles. The zero-order chi connectivity index (χ0) is 16.9. The van der Waals surface area contributed by atoms with Crippen molar-refractivity contribution in [2.24, 2.45) is 4.99 Å². The predicted octanol–water partition coefficient (Wildman–Crippen LogP) is 4.94. The van der Waals surface area contributed by atoms with E-state index in [2.05, 4.69) is 21.3 Å². The van der Waals surface area contributed by atoms with Crippen LogP contribution >= 0.6 is 11.8 Å². The van der Waals surface area contributed by atoms with Crippen LogP contribution < -0.4 is 4.74 Å². The fraction of sp³-hybridized carbons (Fsp3) is 0.158. The highest BCUT2D eigenvalue weighted by molar-refractivity contribution is 7.99. The van der Waals surface area contributed by atoms with Crippen LogP contribution in [0.3, 0.4) is 0 Å². The summed E-state index contributed by atoms with van der Waals surface area (Å²) in [4.78, 5) is 6.92. The first kappa shape index (κ1) is 16.3. The largest absolute Gasteiger partial charge is 0.497 e. The third-order valence-corrected chi connectivity index (χ3v) is 4.98. The number of aromatic nitrogens is 2. The minimum absolute atomic E-state index is 0.842. The Labute approximate surface area is 146 Å². The van der Waals surface area contributed by atoms with Crippen LogP contribution in [-0.2, 0) is 0 Å². The van der Waals surface area contributed by atoms with Gasteiger partial charge in [-0.1, -0.05) is 23.9 Å². The van der Waals surface area contributed by atoms with Gasteiger partial charge < -0.3 is 4.74 Å². The molecule has 0 aliphatic heterocycles. The van der Waals surface area contributed by atoms with Gasteiger partial charge in [0.25, 0.3) is 0 Å². The number of aromatic amines is 1. The predicted molar refractivity (Wildman–Crippen MR) is 98.9 cm³/mol. The first-order valence-corrected chi connectivity index (χ1v) is 8.45. The maximum absolute atomic E-state index is 5.18. The van der Waals surface area contributed by atoms with Crippen molar-refractivity contribution in [2.75, 3.05) is 7.11 Å². The first-order chi connectivity index (χ1) is 11.7. The third-order valence-electron chi connectivity index (χ3n) is 3.61. The lowest BCUT2D eigenvalue weighted by Gasteiger charge is -2.05. The zero-order valence-electron chi connectivity index (χ0n) is 13.9. The van der Waals surface area contributed by atoms with E-state index in [1.165, 1.54) is 0 Å². The Kier molecular flexibility index (Phi) is 5.01. The number of rotatable bonds is 5. The first-order valence-electron chi connectivity index (χ1n) is 7.64. The molecule has 0 fully saturated rings. The van der Waals surface area contributed by atoms with Gasteiger partial charge in [-0.25, -0.2) is 0 Å². The van der Waals surface area contributed by atoms with Gasteiger partial charge in [0.2, 0.25) is 0 Å². The molecule has 1 heterocycles. The lowest BCUT2D eigenvalue weighted by Crippen LogP contribution is -1.85. The van der Waals surface area contributed by atoms with Crippen LogP contribution in [0.2, 0.25) is 0 Å². The topological polar surface area (TPSA) is 50.3 Å². The monoisotopic (exact) mass is 337 g/mol. The molecule has 0 spiro atoms. The van der Waals surface area contributed by atoms with Gasteiger partial charge in [-0.05, 0) is 55.8 Å². The Balaban J connectivity index is 1.84. The van der Waals surface area contributed by atoms with E-state index < -0.39 is 0 Å². The Morgan fingerprint density at radius 2 is 1.83 bits per heavy atom. The summed E-state index contributed by atoms with van der Waals surface area (Å²) in [7, 11) is 1.66. The second-order valence-electron chi connectivity index (χ2n) is 5.36. The number of benzene rings is 2. The van der Waals surface area contributed by atoms with Crippen LogP contribution in [0.25, 0.3) is 0 Å². The lowest BCUT2D eigenvalue weighted by atomic mass is 10.2. The molecule has 0 saturated carbocycles. The van der Waals surface area contributed by atoms with Gasteiger partial charge in [0.1, 0.15) is 5.75 Å². The Hall–Kier alpha value is -2.53. The van der Waals surface area contributed by atoms with Crippen molar-refractivity contribution in [1.29, 1.82) is 0 Å². The minimum atomic E-state index is 0.842. The van der Waals surface area contributed by atoms with E-state index in [9.17, 15) is 0 Å². The highest BCUT2D eigenvalue weighted by atomic mass is 32.2. The number of para-hydroxylation sites is 1. The van der Waals surface area contributed by atoms with E-state index in [-0.39, 0.29) is 0 Å². The van der Waals surface area contributed by atoms with Crippen LogP contribution in [0.15, 0.2) is 63.3 Å². The molecule has 0 atom stereocenters. The van der Waals surface area contributed by atoms with E-state index in [1.54, 1.807) is 18.9 Å². The molecule has 3 aromatic rings. The fourth-order valence-corrected chi connectivity index (χ4v) is 3.27. The summed E-state index contributed by atoms with van der Waals surface area (Å²) in [6.07, 6.45) is 1.87. The number of aliphatic imine (C=N–C) groups is 1. The summed E-state index contributed by atoms with van der Waals surface area (Å²) >= 11 is 1.69. The van der Waals surface area contributed by atoms with Crippen LogP contribution in [0.5, 0.6) is 5.75 Å². The SMILES string of the molecule is COc1ccc(C=Nc2ccccc2Sc2c(C)n[nH]c2C)cc1. The number of hydrogen-bond acceptors (Lipinski definition) is 4. The highest BCUT2D eigenvalue weighted by Crippen LogP contribution is 2.37. The summed E-state index contributed by atoms with van der Waals surface area (Å²) in [6, 6.07) is 16.0. The molecule has 0 amide bonds. The van der Waals surface area contributed by atoms with E-state index in [0.717, 1.165) is 38.2 Å². The molecule has 3 rings (SSSR count). The van der Waals surface area contributed by atoms with Gasteiger partial charge in [-0.2, -0.15) is 5.10 Å². The van der Waals surface area contributed by atoms with Crippen LogP contribution in [0.1, 0.15) is 17.0 Å². The van der Waals surface area contributed by atoms with Crippen LogP contribution in [0.4, 0.5) is 5.69 Å². The number of hydrogen-bond donors (Lipinski definition) is 1. The van der Waals surface area contributed by atoms with Crippen LogP contribution in [-0.4, -0.2) is 23.5 Å². The second-order valence-corrected chi connectivity index (χ2v) is 6.42. The average Bonchev–Trinajstić information content (AvgIpc) is 2.93. The molecule has 1 aromatic heterocycles. The molecule has 5 heteroatoms. The summed E-state index contributed by atoms with van der Waals surface area (Å²) < 4.78 is 5.18. The summed E-state index contributed by atoms with van der Waals surface area (Å²) in [5.74, 6) is 0.842. The number of methoxy groups -OCH3 is 1. The molecule has 0 unspecified atom stereocenters. The quantitative estimate of drug-likeness (QED) is 0.671. The number of H-pyrrole nitrogens is 1. The molecule has 0 bridgehead atoms. The van der Waals surface area contributed by atoms with Gasteiger partial charge in [0, 0.05) is 16.8 Å². The molecule has 2 aromatic carbocycles. The summed E-state index contributed by atoms with van der Waals surface area (Å²) in [5, 5.41) is 7.28. The van der Waals surface area contributed by atoms with E-state index in [4.69, 9.17) is 4.74 Å². The molecule has 4 nitrogen and oxygen atoms in total. The minimum Gasteiger partial charge on any atom is -0.497 e. The summed E-state index contributed by atoms with van der Waals surface area (Å²) in [6.45, 7) is 4.04.